The van der Waals surface area contributed by atoms with E-state index in [1.807, 2.05) is 6.07 Å². The Labute approximate surface area is 190 Å². The molecule has 0 amide bonds. The summed E-state index contributed by atoms with van der Waals surface area (Å²) < 4.78 is 6.73. The highest BCUT2D eigenvalue weighted by Gasteiger charge is 2.36. The van der Waals surface area contributed by atoms with E-state index in [2.05, 4.69) is 45.7 Å². The highest BCUT2D eigenvalue weighted by Crippen LogP contribution is 2.40. The number of hydrogen-bond donors (Lipinski definition) is 4. The molecule has 1 fully saturated rings. The maximum absolute atomic E-state index is 12.5. The number of hydrogen-bond acceptors (Lipinski definition) is 5. The molecule has 0 bridgehead atoms. The largest absolute Gasteiger partial charge is 0.511 e. The Morgan fingerprint density at radius 1 is 1.28 bits per heavy atom. The predicted molar refractivity (Wildman–Crippen MR) is 123 cm³/mol. The number of aryl methyl sites for hydroxylation is 2. The van der Waals surface area contributed by atoms with Gasteiger partial charge in [-0.25, -0.2) is 4.79 Å². The number of nitrogens with zero attached hydrogens (tertiary/aromatic N) is 1. The summed E-state index contributed by atoms with van der Waals surface area (Å²) in [5, 5.41) is 24.2. The number of carbonyl (C=O) groups is 1. The van der Waals surface area contributed by atoms with Gasteiger partial charge in [0.15, 0.2) is 5.75 Å². The first kappa shape index (κ1) is 22.2. The SMILES string of the molecule is Cl.Cn1c(CNC2(C)CC2)cc2cc3c(cc21)CCCc1c-3[nH]c(=O)c(OC(=O)O)c1O. The molecule has 2 heterocycles. The predicted octanol–water partition coefficient (Wildman–Crippen LogP) is 3.85. The molecule has 0 aliphatic heterocycles. The minimum absolute atomic E-state index is 0. The molecule has 8 nitrogen and oxygen atoms in total. The van der Waals surface area contributed by atoms with Crippen LogP contribution in [0.1, 0.15) is 43.0 Å². The molecule has 0 unspecified atom stereocenters. The van der Waals surface area contributed by atoms with E-state index in [0.29, 0.717) is 17.7 Å². The standard InChI is InChI=1S/C23H25N3O5.ClH/c1-23(6-7-23)24-11-14-8-13-9-16-12(10-17(13)26(14)2)4-3-5-15-18(16)25-21(28)20(19(15)27)31-22(29)30;/h8-10,24H,3-7,11H2,1-2H3,(H,29,30)(H2,25,27,28);1H. The lowest BCUT2D eigenvalue weighted by atomic mass is 9.99. The van der Waals surface area contributed by atoms with Crippen LogP contribution in [0.2, 0.25) is 0 Å². The van der Waals surface area contributed by atoms with Crippen LogP contribution >= 0.6 is 12.4 Å². The number of H-pyrrole nitrogens is 1. The number of benzene rings is 1. The molecule has 0 atom stereocenters. The number of aromatic hydroxyl groups is 1. The molecule has 1 aromatic carbocycles. The second-order valence-electron chi connectivity index (χ2n) is 8.88. The topological polar surface area (TPSA) is 117 Å². The van der Waals surface area contributed by atoms with E-state index >= 15 is 0 Å². The van der Waals surface area contributed by atoms with Crippen LogP contribution in [0.4, 0.5) is 4.79 Å². The van der Waals surface area contributed by atoms with Crippen LogP contribution < -0.4 is 15.6 Å². The number of aromatic nitrogens is 2. The van der Waals surface area contributed by atoms with Crippen LogP contribution in [0.25, 0.3) is 22.2 Å². The number of rotatable bonds is 4. The van der Waals surface area contributed by atoms with Crippen molar-refractivity contribution in [3.63, 3.8) is 0 Å². The van der Waals surface area contributed by atoms with Gasteiger partial charge in [-0.3, -0.25) is 4.79 Å². The van der Waals surface area contributed by atoms with Gasteiger partial charge < -0.3 is 29.8 Å². The van der Waals surface area contributed by atoms with Gasteiger partial charge in [0.1, 0.15) is 0 Å². The minimum atomic E-state index is -1.64. The van der Waals surface area contributed by atoms with Crippen molar-refractivity contribution in [2.24, 2.45) is 7.05 Å². The number of carboxylic acid groups (broad SMARTS) is 1. The fraction of sp³-hybridized carbons (Fsp3) is 0.391. The summed E-state index contributed by atoms with van der Waals surface area (Å²) in [6.45, 7) is 3.02. The molecule has 0 spiro atoms. The van der Waals surface area contributed by atoms with Crippen LogP contribution in [-0.2, 0) is 26.4 Å². The van der Waals surface area contributed by atoms with Gasteiger partial charge >= 0.3 is 6.16 Å². The number of aromatic amines is 1. The van der Waals surface area contributed by atoms with Crippen molar-refractivity contribution in [3.8, 4) is 22.8 Å². The van der Waals surface area contributed by atoms with Crippen molar-refractivity contribution >= 4 is 29.5 Å². The molecule has 170 valence electrons. The second-order valence-corrected chi connectivity index (χ2v) is 8.88. The first-order chi connectivity index (χ1) is 14.8. The maximum atomic E-state index is 12.5. The molecular weight excluding hydrogens is 434 g/mol. The van der Waals surface area contributed by atoms with E-state index in [9.17, 15) is 14.7 Å². The summed E-state index contributed by atoms with van der Waals surface area (Å²) in [4.78, 5) is 26.1. The zero-order valence-electron chi connectivity index (χ0n) is 17.9. The number of ether oxygens (including phenoxy) is 1. The first-order valence-electron chi connectivity index (χ1n) is 10.5. The highest BCUT2D eigenvalue weighted by atomic mass is 35.5. The Kier molecular flexibility index (Phi) is 5.46. The monoisotopic (exact) mass is 459 g/mol. The molecule has 0 radical (unpaired) electrons. The molecular formula is C23H26ClN3O5. The molecule has 1 saturated carbocycles. The molecule has 0 saturated heterocycles. The third-order valence-electron chi connectivity index (χ3n) is 6.64. The molecule has 5 rings (SSSR count). The molecule has 2 aromatic heterocycles. The zero-order valence-corrected chi connectivity index (χ0v) is 18.8. The average molecular weight is 460 g/mol. The van der Waals surface area contributed by atoms with Crippen molar-refractivity contribution < 1.29 is 19.7 Å². The Balaban J connectivity index is 0.00000245. The molecule has 3 aromatic rings. The van der Waals surface area contributed by atoms with Gasteiger partial charge in [0.05, 0.1) is 5.69 Å². The summed E-state index contributed by atoms with van der Waals surface area (Å²) in [6, 6.07) is 6.35. The van der Waals surface area contributed by atoms with E-state index in [4.69, 9.17) is 5.11 Å². The number of nitrogens with one attached hydrogen (secondary N) is 2. The van der Waals surface area contributed by atoms with Gasteiger partial charge in [-0.2, -0.15) is 0 Å². The Morgan fingerprint density at radius 3 is 2.72 bits per heavy atom. The summed E-state index contributed by atoms with van der Waals surface area (Å²) in [5.41, 5.74) is 4.78. The highest BCUT2D eigenvalue weighted by molar-refractivity contribution is 5.89. The third kappa shape index (κ3) is 3.73. The lowest BCUT2D eigenvalue weighted by Crippen LogP contribution is -2.27. The Hall–Kier alpha value is -2.97. The van der Waals surface area contributed by atoms with E-state index in [1.54, 1.807) is 0 Å². The van der Waals surface area contributed by atoms with Crippen LogP contribution in [-0.4, -0.2) is 31.5 Å². The number of fused-ring (bicyclic) bond motifs is 4. The van der Waals surface area contributed by atoms with Gasteiger partial charge in [0, 0.05) is 46.9 Å². The average Bonchev–Trinajstić information content (AvgIpc) is 3.42. The van der Waals surface area contributed by atoms with Crippen molar-refractivity contribution in [2.75, 3.05) is 0 Å². The molecule has 32 heavy (non-hydrogen) atoms. The Bertz CT molecular complexity index is 1290. The minimum Gasteiger partial charge on any atom is -0.504 e. The Morgan fingerprint density at radius 2 is 2.03 bits per heavy atom. The number of pyridine rings is 1. The van der Waals surface area contributed by atoms with Crippen molar-refractivity contribution in [3.05, 3.63) is 45.4 Å². The molecule has 9 heteroatoms. The summed E-state index contributed by atoms with van der Waals surface area (Å²) in [5.74, 6) is -0.970. The van der Waals surface area contributed by atoms with Gasteiger partial charge in [-0.15, -0.1) is 12.4 Å². The van der Waals surface area contributed by atoms with Crippen LogP contribution in [0, 0.1) is 0 Å². The fourth-order valence-corrected chi connectivity index (χ4v) is 4.48. The maximum Gasteiger partial charge on any atom is 0.511 e. The lowest BCUT2D eigenvalue weighted by Gasteiger charge is -2.13. The van der Waals surface area contributed by atoms with Crippen molar-refractivity contribution in [2.45, 2.75) is 51.1 Å². The second kappa shape index (κ2) is 7.86. The fourth-order valence-electron chi connectivity index (χ4n) is 4.48. The first-order valence-corrected chi connectivity index (χ1v) is 10.5. The lowest BCUT2D eigenvalue weighted by molar-refractivity contribution is 0.142. The normalized spacial score (nSPS) is 15.9. The van der Waals surface area contributed by atoms with Crippen LogP contribution in [0.3, 0.4) is 0 Å². The van der Waals surface area contributed by atoms with Gasteiger partial charge in [0.25, 0.3) is 5.56 Å². The molecule has 2 aliphatic carbocycles. The summed E-state index contributed by atoms with van der Waals surface area (Å²) >= 11 is 0. The zero-order chi connectivity index (χ0) is 21.9. The van der Waals surface area contributed by atoms with Gasteiger partial charge in [-0.05, 0) is 62.8 Å². The number of halogens is 1. The molecule has 4 N–H and O–H groups in total. The van der Waals surface area contributed by atoms with Gasteiger partial charge in [-0.1, -0.05) is 0 Å². The van der Waals surface area contributed by atoms with E-state index in [1.165, 1.54) is 18.5 Å². The van der Waals surface area contributed by atoms with Crippen LogP contribution in [0.15, 0.2) is 23.0 Å². The van der Waals surface area contributed by atoms with Crippen molar-refractivity contribution in [1.29, 1.82) is 0 Å². The van der Waals surface area contributed by atoms with Crippen molar-refractivity contribution in [1.82, 2.24) is 14.9 Å². The van der Waals surface area contributed by atoms with E-state index in [-0.39, 0.29) is 17.9 Å². The quantitative estimate of drug-likeness (QED) is 0.440. The summed E-state index contributed by atoms with van der Waals surface area (Å²) in [7, 11) is 2.06. The van der Waals surface area contributed by atoms with E-state index in [0.717, 1.165) is 41.4 Å². The van der Waals surface area contributed by atoms with E-state index < -0.39 is 23.2 Å². The smallest absolute Gasteiger partial charge is 0.504 e. The van der Waals surface area contributed by atoms with Gasteiger partial charge in [0.2, 0.25) is 5.75 Å². The third-order valence-corrected chi connectivity index (χ3v) is 6.64. The van der Waals surface area contributed by atoms with Crippen LogP contribution in [0.5, 0.6) is 11.5 Å². The molecule has 2 aliphatic rings. The summed E-state index contributed by atoms with van der Waals surface area (Å²) in [6.07, 6.45) is 2.82.